The van der Waals surface area contributed by atoms with E-state index in [1.54, 1.807) is 42.5 Å². The third-order valence-electron chi connectivity index (χ3n) is 5.96. The summed E-state index contributed by atoms with van der Waals surface area (Å²) in [5.74, 6) is 0.123. The molecule has 6 nitrogen and oxygen atoms in total. The first-order valence-electron chi connectivity index (χ1n) is 11.0. The second-order valence-electron chi connectivity index (χ2n) is 8.20. The maximum absolute atomic E-state index is 13.5. The Morgan fingerprint density at radius 3 is 2.52 bits per heavy atom. The SMILES string of the molecule is COc1cccc(N(CC(=O)N[C@@H](C)c2ccc3c(c2)CCC3)S(=O)(=O)c2ccccc2)c1. The van der Waals surface area contributed by atoms with E-state index >= 15 is 0 Å². The maximum Gasteiger partial charge on any atom is 0.264 e. The molecule has 0 aromatic heterocycles. The molecule has 172 valence electrons. The van der Waals surface area contributed by atoms with E-state index in [9.17, 15) is 13.2 Å². The van der Waals surface area contributed by atoms with E-state index in [4.69, 9.17) is 4.74 Å². The van der Waals surface area contributed by atoms with Crippen LogP contribution in [0.2, 0.25) is 0 Å². The normalized spacial score (nSPS) is 13.8. The summed E-state index contributed by atoms with van der Waals surface area (Å²) in [6, 6.07) is 20.9. The monoisotopic (exact) mass is 464 g/mol. The third-order valence-corrected chi connectivity index (χ3v) is 7.75. The van der Waals surface area contributed by atoms with E-state index in [-0.39, 0.29) is 23.4 Å². The van der Waals surface area contributed by atoms with E-state index in [0.29, 0.717) is 11.4 Å². The van der Waals surface area contributed by atoms with Gasteiger partial charge in [-0.05, 0) is 67.1 Å². The highest BCUT2D eigenvalue weighted by molar-refractivity contribution is 7.92. The van der Waals surface area contributed by atoms with Gasteiger partial charge in [-0.15, -0.1) is 0 Å². The highest BCUT2D eigenvalue weighted by Gasteiger charge is 2.28. The standard InChI is InChI=1S/C26H28N2O4S/c1-19(21-15-14-20-8-6-9-22(20)16-21)27-26(29)18-28(23-10-7-11-24(17-23)32-2)33(30,31)25-12-4-3-5-13-25/h3-5,7,10-17,19H,6,8-9,18H2,1-2H3,(H,27,29)/t19-/m0/s1. The first-order valence-corrected chi connectivity index (χ1v) is 12.5. The Hall–Kier alpha value is -3.32. The number of amides is 1. The zero-order chi connectivity index (χ0) is 23.4. The van der Waals surface area contributed by atoms with Crippen LogP contribution >= 0.6 is 0 Å². The van der Waals surface area contributed by atoms with E-state index in [1.165, 1.54) is 30.4 Å². The minimum absolute atomic E-state index is 0.118. The molecule has 0 saturated carbocycles. The highest BCUT2D eigenvalue weighted by atomic mass is 32.2. The van der Waals surface area contributed by atoms with Gasteiger partial charge in [-0.1, -0.05) is 42.5 Å². The summed E-state index contributed by atoms with van der Waals surface area (Å²) in [5, 5.41) is 2.96. The largest absolute Gasteiger partial charge is 0.497 e. The number of methoxy groups -OCH3 is 1. The van der Waals surface area contributed by atoms with E-state index in [2.05, 4.69) is 17.4 Å². The average molecular weight is 465 g/mol. The molecule has 1 N–H and O–H groups in total. The summed E-state index contributed by atoms with van der Waals surface area (Å²) in [6.45, 7) is 1.57. The summed E-state index contributed by atoms with van der Waals surface area (Å²) < 4.78 is 33.3. The number of carbonyl (C=O) groups is 1. The van der Waals surface area contributed by atoms with Crippen molar-refractivity contribution in [3.05, 3.63) is 89.5 Å². The van der Waals surface area contributed by atoms with Gasteiger partial charge in [0, 0.05) is 6.07 Å². The van der Waals surface area contributed by atoms with Gasteiger partial charge >= 0.3 is 0 Å². The van der Waals surface area contributed by atoms with Crippen molar-refractivity contribution in [2.24, 2.45) is 0 Å². The van der Waals surface area contributed by atoms with Crippen LogP contribution in [0, 0.1) is 0 Å². The number of hydrogen-bond acceptors (Lipinski definition) is 4. The lowest BCUT2D eigenvalue weighted by molar-refractivity contribution is -0.120. The van der Waals surface area contributed by atoms with Crippen molar-refractivity contribution in [2.75, 3.05) is 18.0 Å². The maximum atomic E-state index is 13.5. The predicted molar refractivity (Wildman–Crippen MR) is 129 cm³/mol. The first kappa shape index (κ1) is 22.9. The lowest BCUT2D eigenvalue weighted by Gasteiger charge is -2.25. The Bertz CT molecular complexity index is 1240. The molecule has 0 fully saturated rings. The van der Waals surface area contributed by atoms with Gasteiger partial charge in [0.15, 0.2) is 0 Å². The Kier molecular flexibility index (Phi) is 6.70. The number of anilines is 1. The third kappa shape index (κ3) is 5.03. The summed E-state index contributed by atoms with van der Waals surface area (Å²) in [5.41, 5.74) is 4.08. The molecule has 1 aliphatic rings. The van der Waals surface area contributed by atoms with Crippen LogP contribution in [0.5, 0.6) is 5.75 Å². The fourth-order valence-electron chi connectivity index (χ4n) is 4.16. The number of carbonyl (C=O) groups excluding carboxylic acids is 1. The van der Waals surface area contributed by atoms with Gasteiger partial charge in [-0.25, -0.2) is 8.42 Å². The van der Waals surface area contributed by atoms with Crippen LogP contribution < -0.4 is 14.4 Å². The van der Waals surface area contributed by atoms with Gasteiger partial charge < -0.3 is 10.1 Å². The number of hydrogen-bond donors (Lipinski definition) is 1. The number of fused-ring (bicyclic) bond motifs is 1. The number of rotatable bonds is 8. The average Bonchev–Trinajstić information content (AvgIpc) is 3.31. The molecule has 0 aliphatic heterocycles. The molecule has 1 atom stereocenters. The Labute approximate surface area is 195 Å². The molecule has 1 amide bonds. The predicted octanol–water partition coefficient (Wildman–Crippen LogP) is 4.26. The van der Waals surface area contributed by atoms with Gasteiger partial charge in [-0.3, -0.25) is 9.10 Å². The van der Waals surface area contributed by atoms with Gasteiger partial charge in [0.25, 0.3) is 10.0 Å². The molecular formula is C26H28N2O4S. The number of sulfonamides is 1. The summed E-state index contributed by atoms with van der Waals surface area (Å²) in [7, 11) is -2.45. The van der Waals surface area contributed by atoms with Gasteiger partial charge in [0.2, 0.25) is 5.91 Å². The van der Waals surface area contributed by atoms with Crippen LogP contribution in [-0.2, 0) is 27.7 Å². The summed E-state index contributed by atoms with van der Waals surface area (Å²) in [4.78, 5) is 13.1. The molecule has 0 bridgehead atoms. The van der Waals surface area contributed by atoms with Crippen molar-refractivity contribution in [3.8, 4) is 5.75 Å². The van der Waals surface area contributed by atoms with Crippen molar-refractivity contribution in [1.29, 1.82) is 0 Å². The number of ether oxygens (including phenoxy) is 1. The van der Waals surface area contributed by atoms with Gasteiger partial charge in [0.1, 0.15) is 12.3 Å². The topological polar surface area (TPSA) is 75.7 Å². The molecule has 0 saturated heterocycles. The lowest BCUT2D eigenvalue weighted by atomic mass is 10.0. The Morgan fingerprint density at radius 2 is 1.76 bits per heavy atom. The second-order valence-corrected chi connectivity index (χ2v) is 10.1. The molecule has 0 radical (unpaired) electrons. The fraction of sp³-hybridized carbons (Fsp3) is 0.269. The smallest absolute Gasteiger partial charge is 0.264 e. The Balaban J connectivity index is 1.59. The summed E-state index contributed by atoms with van der Waals surface area (Å²) in [6.07, 6.45) is 3.32. The van der Waals surface area contributed by atoms with Crippen LogP contribution in [0.3, 0.4) is 0 Å². The van der Waals surface area contributed by atoms with Crippen LogP contribution in [0.1, 0.15) is 36.1 Å². The molecule has 0 spiro atoms. The van der Waals surface area contributed by atoms with Crippen LogP contribution in [-0.4, -0.2) is 28.0 Å². The molecule has 0 heterocycles. The van der Waals surface area contributed by atoms with Crippen molar-refractivity contribution < 1.29 is 17.9 Å². The van der Waals surface area contributed by atoms with E-state index in [1.807, 2.05) is 13.0 Å². The number of benzene rings is 3. The number of nitrogens with one attached hydrogen (secondary N) is 1. The minimum Gasteiger partial charge on any atom is -0.497 e. The molecule has 4 rings (SSSR count). The quantitative estimate of drug-likeness (QED) is 0.541. The summed E-state index contributed by atoms with van der Waals surface area (Å²) >= 11 is 0. The van der Waals surface area contributed by atoms with Crippen LogP contribution in [0.25, 0.3) is 0 Å². The van der Waals surface area contributed by atoms with Crippen molar-refractivity contribution in [2.45, 2.75) is 37.1 Å². The molecule has 0 unspecified atom stereocenters. The first-order chi connectivity index (χ1) is 15.9. The Morgan fingerprint density at radius 1 is 1.00 bits per heavy atom. The van der Waals surface area contributed by atoms with Crippen LogP contribution in [0.4, 0.5) is 5.69 Å². The zero-order valence-electron chi connectivity index (χ0n) is 18.8. The number of aryl methyl sites for hydroxylation is 2. The molecular weight excluding hydrogens is 436 g/mol. The van der Waals surface area contributed by atoms with Crippen LogP contribution in [0.15, 0.2) is 77.7 Å². The minimum atomic E-state index is -3.97. The van der Waals surface area contributed by atoms with Gasteiger partial charge in [-0.2, -0.15) is 0 Å². The van der Waals surface area contributed by atoms with Crippen molar-refractivity contribution >= 4 is 21.6 Å². The van der Waals surface area contributed by atoms with Gasteiger partial charge in [0.05, 0.1) is 23.7 Å². The van der Waals surface area contributed by atoms with Crippen molar-refractivity contribution in [3.63, 3.8) is 0 Å². The lowest BCUT2D eigenvalue weighted by Crippen LogP contribution is -2.41. The van der Waals surface area contributed by atoms with E-state index < -0.39 is 10.0 Å². The number of nitrogens with zero attached hydrogens (tertiary/aromatic N) is 1. The molecule has 3 aromatic carbocycles. The van der Waals surface area contributed by atoms with Crippen molar-refractivity contribution in [1.82, 2.24) is 5.32 Å². The molecule has 33 heavy (non-hydrogen) atoms. The van der Waals surface area contributed by atoms with E-state index in [0.717, 1.165) is 29.1 Å². The highest BCUT2D eigenvalue weighted by Crippen LogP contribution is 2.28. The molecule has 7 heteroatoms. The molecule has 3 aromatic rings. The molecule has 1 aliphatic carbocycles. The second kappa shape index (κ2) is 9.67. The zero-order valence-corrected chi connectivity index (χ0v) is 19.6. The fourth-order valence-corrected chi connectivity index (χ4v) is 5.60.